The van der Waals surface area contributed by atoms with Crippen LogP contribution in [0.3, 0.4) is 0 Å². The number of para-hydroxylation sites is 1. The van der Waals surface area contributed by atoms with Gasteiger partial charge in [-0.05, 0) is 36.4 Å². The molecule has 0 bridgehead atoms. The summed E-state index contributed by atoms with van der Waals surface area (Å²) in [5.41, 5.74) is 2.14. The normalized spacial score (nSPS) is 14.0. The van der Waals surface area contributed by atoms with E-state index in [0.29, 0.717) is 11.3 Å². The molecule has 2 heterocycles. The summed E-state index contributed by atoms with van der Waals surface area (Å²) in [7, 11) is -3.84. The zero-order valence-corrected chi connectivity index (χ0v) is 16.8. The van der Waals surface area contributed by atoms with Crippen LogP contribution in [0.25, 0.3) is 11.6 Å². The van der Waals surface area contributed by atoms with E-state index in [-0.39, 0.29) is 10.6 Å². The number of hydrogen-bond donors (Lipinski definition) is 4. The first kappa shape index (κ1) is 20.3. The third-order valence-corrected chi connectivity index (χ3v) is 5.54. The molecule has 0 saturated carbocycles. The predicted molar refractivity (Wildman–Crippen MR) is 116 cm³/mol. The lowest BCUT2D eigenvalue weighted by Crippen LogP contribution is -2.25. The number of sulfonamides is 1. The first-order valence-electron chi connectivity index (χ1n) is 9.02. The molecule has 2 aromatic carbocycles. The van der Waals surface area contributed by atoms with Gasteiger partial charge in [0, 0.05) is 23.0 Å². The maximum Gasteiger partial charge on any atom is 0.329 e. The number of carbonyl (C=O) groups is 1. The second-order valence-electron chi connectivity index (χ2n) is 6.75. The van der Waals surface area contributed by atoms with Crippen LogP contribution >= 0.6 is 0 Å². The van der Waals surface area contributed by atoms with Crippen molar-refractivity contribution in [3.05, 3.63) is 70.3 Å². The molecule has 0 aliphatic carbocycles. The molecule has 0 spiro atoms. The Kier molecular flexibility index (Phi) is 5.05. The minimum absolute atomic E-state index is 0.0975. The molecule has 1 amide bonds. The van der Waals surface area contributed by atoms with Crippen LogP contribution in [0, 0.1) is 0 Å². The van der Waals surface area contributed by atoms with Crippen molar-refractivity contribution in [1.29, 1.82) is 0 Å². The second kappa shape index (κ2) is 7.70. The number of nitrogens with two attached hydrogens (primary N) is 1. The quantitative estimate of drug-likeness (QED) is 0.472. The van der Waals surface area contributed by atoms with Crippen molar-refractivity contribution in [2.75, 3.05) is 5.32 Å². The van der Waals surface area contributed by atoms with Gasteiger partial charge in [0.2, 0.25) is 21.8 Å². The maximum atomic E-state index is 12.3. The highest BCUT2D eigenvalue weighted by Gasteiger charge is 2.17. The Bertz CT molecular complexity index is 1400. The van der Waals surface area contributed by atoms with E-state index in [4.69, 9.17) is 5.14 Å². The molecular formula is C20H17N5O5S. The molecule has 0 fully saturated rings. The van der Waals surface area contributed by atoms with Crippen LogP contribution in [0.4, 0.5) is 11.4 Å². The fourth-order valence-electron chi connectivity index (χ4n) is 3.11. The number of nitrogens with one attached hydrogen (secondary N) is 2. The van der Waals surface area contributed by atoms with Crippen LogP contribution in [-0.2, 0) is 21.4 Å². The third-order valence-electron chi connectivity index (χ3n) is 4.61. The Balaban J connectivity index is 1.52. The van der Waals surface area contributed by atoms with Crippen LogP contribution < -0.4 is 16.1 Å². The van der Waals surface area contributed by atoms with Crippen LogP contribution in [0.5, 0.6) is 5.88 Å². The van der Waals surface area contributed by atoms with Gasteiger partial charge in [0.25, 0.3) is 0 Å². The lowest BCUT2D eigenvalue weighted by atomic mass is 10.1. The summed E-state index contributed by atoms with van der Waals surface area (Å²) in [5, 5.41) is 18.0. The summed E-state index contributed by atoms with van der Waals surface area (Å²) < 4.78 is 23.5. The lowest BCUT2D eigenvalue weighted by molar-refractivity contribution is -0.116. The number of benzene rings is 2. The summed E-state index contributed by atoms with van der Waals surface area (Å²) in [4.78, 5) is 31.3. The number of hydrogen-bond acceptors (Lipinski definition) is 6. The van der Waals surface area contributed by atoms with Gasteiger partial charge in [-0.2, -0.15) is 0 Å². The Hall–Kier alpha value is -3.96. The topological polar surface area (TPSA) is 160 Å². The van der Waals surface area contributed by atoms with E-state index in [2.05, 4.69) is 15.3 Å². The number of anilines is 1. The highest BCUT2D eigenvalue weighted by atomic mass is 32.2. The van der Waals surface area contributed by atoms with Gasteiger partial charge in [-0.1, -0.05) is 18.2 Å². The van der Waals surface area contributed by atoms with E-state index in [1.54, 1.807) is 12.3 Å². The molecule has 31 heavy (non-hydrogen) atoms. The summed E-state index contributed by atoms with van der Waals surface area (Å²) in [6.45, 7) is -0.452. The van der Waals surface area contributed by atoms with Crippen molar-refractivity contribution < 1.29 is 18.3 Å². The van der Waals surface area contributed by atoms with Gasteiger partial charge in [-0.25, -0.2) is 18.4 Å². The minimum Gasteiger partial charge on any atom is -0.493 e. The van der Waals surface area contributed by atoms with Gasteiger partial charge in [0.1, 0.15) is 12.2 Å². The first-order valence-corrected chi connectivity index (χ1v) is 10.6. The number of fused-ring (bicyclic) bond motifs is 1. The summed E-state index contributed by atoms with van der Waals surface area (Å²) in [6, 6.07) is 12.7. The van der Waals surface area contributed by atoms with Crippen LogP contribution in [-0.4, -0.2) is 35.2 Å². The molecule has 3 aromatic rings. The number of aromatic hydroxyl groups is 1. The summed E-state index contributed by atoms with van der Waals surface area (Å²) >= 11 is 0. The van der Waals surface area contributed by atoms with Crippen LogP contribution in [0.2, 0.25) is 0 Å². The Morgan fingerprint density at radius 1 is 1.19 bits per heavy atom. The molecular weight excluding hydrogens is 422 g/mol. The predicted octanol–water partition coefficient (Wildman–Crippen LogP) is 1.42. The number of imidazole rings is 1. The Morgan fingerprint density at radius 3 is 2.61 bits per heavy atom. The maximum absolute atomic E-state index is 12.3. The lowest BCUT2D eigenvalue weighted by Gasteiger charge is -2.07. The van der Waals surface area contributed by atoms with Gasteiger partial charge in [-0.15, -0.1) is 0 Å². The smallest absolute Gasteiger partial charge is 0.329 e. The van der Waals surface area contributed by atoms with E-state index < -0.39 is 34.0 Å². The number of nitrogens with zero attached hydrogens (tertiary/aromatic N) is 2. The number of carbonyl (C=O) groups excluding carboxylic acids is 1. The number of H-pyrrole nitrogens is 1. The number of rotatable bonds is 5. The third kappa shape index (κ3) is 4.17. The molecule has 11 heteroatoms. The number of aliphatic imine (C=N–C) groups is 1. The van der Waals surface area contributed by atoms with E-state index in [0.717, 1.165) is 15.8 Å². The Morgan fingerprint density at radius 2 is 1.90 bits per heavy atom. The number of aromatic amines is 1. The average Bonchev–Trinajstić information content (AvgIpc) is 3.24. The van der Waals surface area contributed by atoms with E-state index in [1.165, 1.54) is 24.3 Å². The fraction of sp³-hybridized carbons (Fsp3) is 0.0500. The summed E-state index contributed by atoms with van der Waals surface area (Å²) in [6.07, 6.45) is 3.20. The van der Waals surface area contributed by atoms with Crippen molar-refractivity contribution in [2.45, 2.75) is 11.4 Å². The molecule has 4 rings (SSSR count). The molecule has 1 aromatic heterocycles. The zero-order chi connectivity index (χ0) is 22.2. The van der Waals surface area contributed by atoms with Gasteiger partial charge in [-0.3, -0.25) is 14.4 Å². The molecule has 10 nitrogen and oxygen atoms in total. The van der Waals surface area contributed by atoms with Crippen molar-refractivity contribution >= 4 is 45.2 Å². The SMILES string of the molecule is NS(=O)(=O)c1ccc(NC(=O)Cn2c(O)c(/C=C3\C=Nc4ccccc43)[nH]c2=O)cc1. The molecule has 0 radical (unpaired) electrons. The molecule has 158 valence electrons. The van der Waals surface area contributed by atoms with Gasteiger partial charge < -0.3 is 15.4 Å². The molecule has 1 aliphatic rings. The first-order chi connectivity index (χ1) is 14.7. The van der Waals surface area contributed by atoms with Crippen molar-refractivity contribution in [2.24, 2.45) is 10.1 Å². The molecule has 0 saturated heterocycles. The van der Waals surface area contributed by atoms with Crippen LogP contribution in [0.15, 0.2) is 63.2 Å². The number of allylic oxidation sites excluding steroid dienone is 1. The zero-order valence-electron chi connectivity index (χ0n) is 15.9. The number of primary sulfonamides is 1. The number of aromatic nitrogens is 2. The van der Waals surface area contributed by atoms with Crippen LogP contribution in [0.1, 0.15) is 11.3 Å². The van der Waals surface area contributed by atoms with Gasteiger partial charge in [0.15, 0.2) is 0 Å². The molecule has 0 unspecified atom stereocenters. The second-order valence-corrected chi connectivity index (χ2v) is 8.31. The van der Waals surface area contributed by atoms with Gasteiger partial charge >= 0.3 is 5.69 Å². The highest BCUT2D eigenvalue weighted by molar-refractivity contribution is 7.89. The standard InChI is InChI=1S/C20H17N5O5S/c21-31(29,30)14-7-5-13(6-8-14)23-18(26)11-25-19(27)17(24-20(25)28)9-12-10-22-16-4-2-1-3-15(12)16/h1-10,27H,11H2,(H,23,26)(H,24,28)(H2,21,29,30)/b12-9+. The highest BCUT2D eigenvalue weighted by Crippen LogP contribution is 2.32. The van der Waals surface area contributed by atoms with Crippen molar-refractivity contribution in [1.82, 2.24) is 9.55 Å². The summed E-state index contributed by atoms with van der Waals surface area (Å²) in [5.74, 6) is -0.985. The average molecular weight is 439 g/mol. The fourth-order valence-corrected chi connectivity index (χ4v) is 3.62. The van der Waals surface area contributed by atoms with E-state index >= 15 is 0 Å². The molecule has 0 atom stereocenters. The number of amides is 1. The van der Waals surface area contributed by atoms with E-state index in [1.807, 2.05) is 24.3 Å². The monoisotopic (exact) mass is 439 g/mol. The minimum atomic E-state index is -3.84. The van der Waals surface area contributed by atoms with Crippen molar-refractivity contribution in [3.8, 4) is 5.88 Å². The molecule has 5 N–H and O–H groups in total. The van der Waals surface area contributed by atoms with Gasteiger partial charge in [0.05, 0.1) is 10.6 Å². The largest absolute Gasteiger partial charge is 0.493 e. The van der Waals surface area contributed by atoms with Crippen molar-refractivity contribution in [3.63, 3.8) is 0 Å². The Labute approximate surface area is 176 Å². The molecule has 1 aliphatic heterocycles. The van der Waals surface area contributed by atoms with E-state index in [9.17, 15) is 23.1 Å².